The number of halogens is 2. The van der Waals surface area contributed by atoms with E-state index in [0.717, 1.165) is 16.9 Å². The number of hydrogen-bond donors (Lipinski definition) is 1. The molecule has 0 radical (unpaired) electrons. The molecule has 0 atom stereocenters. The molecule has 3 nitrogen and oxygen atoms in total. The van der Waals surface area contributed by atoms with E-state index in [0.29, 0.717) is 22.3 Å². The molecule has 0 fully saturated rings. The Hall–Kier alpha value is -2.75. The Morgan fingerprint density at radius 2 is 1.67 bits per heavy atom. The second-order valence-electron chi connectivity index (χ2n) is 5.79. The van der Waals surface area contributed by atoms with Crippen molar-refractivity contribution in [2.24, 2.45) is 0 Å². The van der Waals surface area contributed by atoms with Crippen molar-refractivity contribution in [1.82, 2.24) is 0 Å². The van der Waals surface area contributed by atoms with Gasteiger partial charge < -0.3 is 10.1 Å². The van der Waals surface area contributed by atoms with Crippen LogP contribution in [0.15, 0.2) is 78.9 Å². The van der Waals surface area contributed by atoms with E-state index in [4.69, 9.17) is 27.9 Å². The molecule has 3 aromatic carbocycles. The van der Waals surface area contributed by atoms with Crippen LogP contribution in [-0.4, -0.2) is 5.91 Å². The van der Waals surface area contributed by atoms with Crippen molar-refractivity contribution in [3.05, 3.63) is 100 Å². The van der Waals surface area contributed by atoms with Crippen molar-refractivity contribution in [1.29, 1.82) is 0 Å². The first kappa shape index (κ1) is 19.0. The number of benzene rings is 3. The largest absolute Gasteiger partial charge is 0.489 e. The van der Waals surface area contributed by atoms with Gasteiger partial charge in [0, 0.05) is 11.8 Å². The van der Waals surface area contributed by atoms with Gasteiger partial charge in [-0.15, -0.1) is 0 Å². The van der Waals surface area contributed by atoms with Gasteiger partial charge in [-0.05, 0) is 47.5 Å². The minimum atomic E-state index is -0.252. The summed E-state index contributed by atoms with van der Waals surface area (Å²) in [6, 6.07) is 22.4. The topological polar surface area (TPSA) is 38.3 Å². The highest BCUT2D eigenvalue weighted by Crippen LogP contribution is 2.25. The quantitative estimate of drug-likeness (QED) is 0.501. The first-order valence-electron chi connectivity index (χ1n) is 8.31. The Labute approximate surface area is 168 Å². The highest BCUT2D eigenvalue weighted by Gasteiger charge is 2.02. The number of amides is 1. The highest BCUT2D eigenvalue weighted by molar-refractivity contribution is 6.42. The first-order chi connectivity index (χ1) is 13.1. The predicted octanol–water partition coefficient (Wildman–Crippen LogP) is 6.22. The average molecular weight is 398 g/mol. The summed E-state index contributed by atoms with van der Waals surface area (Å²) >= 11 is 11.8. The number of ether oxygens (including phenoxy) is 1. The molecule has 0 aliphatic heterocycles. The lowest BCUT2D eigenvalue weighted by Crippen LogP contribution is -2.07. The van der Waals surface area contributed by atoms with Gasteiger partial charge in [0.1, 0.15) is 12.4 Å². The van der Waals surface area contributed by atoms with Crippen molar-refractivity contribution in [2.75, 3.05) is 5.32 Å². The average Bonchev–Trinajstić information content (AvgIpc) is 2.69. The van der Waals surface area contributed by atoms with E-state index in [1.165, 1.54) is 6.08 Å². The molecule has 136 valence electrons. The zero-order chi connectivity index (χ0) is 19.1. The van der Waals surface area contributed by atoms with E-state index < -0.39 is 0 Å². The summed E-state index contributed by atoms with van der Waals surface area (Å²) in [7, 11) is 0. The molecule has 1 N–H and O–H groups in total. The van der Waals surface area contributed by atoms with Crippen LogP contribution < -0.4 is 10.1 Å². The van der Waals surface area contributed by atoms with Gasteiger partial charge in [-0.1, -0.05) is 65.7 Å². The maximum atomic E-state index is 12.0. The molecule has 0 saturated heterocycles. The van der Waals surface area contributed by atoms with Crippen molar-refractivity contribution in [3.63, 3.8) is 0 Å². The van der Waals surface area contributed by atoms with E-state index in [1.54, 1.807) is 24.3 Å². The summed E-state index contributed by atoms with van der Waals surface area (Å²) < 4.78 is 5.75. The Morgan fingerprint density at radius 3 is 2.37 bits per heavy atom. The number of carbonyl (C=O) groups is 1. The lowest BCUT2D eigenvalue weighted by atomic mass is 10.2. The third-order valence-corrected chi connectivity index (χ3v) is 4.48. The molecular weight excluding hydrogens is 381 g/mol. The minimum Gasteiger partial charge on any atom is -0.489 e. The summed E-state index contributed by atoms with van der Waals surface area (Å²) in [5.41, 5.74) is 2.59. The molecular formula is C22H17Cl2NO2. The van der Waals surface area contributed by atoms with Crippen molar-refractivity contribution in [3.8, 4) is 5.75 Å². The van der Waals surface area contributed by atoms with Crippen LogP contribution in [0.5, 0.6) is 5.75 Å². The van der Waals surface area contributed by atoms with E-state index >= 15 is 0 Å². The molecule has 0 aliphatic rings. The Morgan fingerprint density at radius 1 is 0.926 bits per heavy atom. The lowest BCUT2D eigenvalue weighted by molar-refractivity contribution is -0.111. The Kier molecular flexibility index (Phi) is 6.53. The molecule has 0 saturated carbocycles. The van der Waals surface area contributed by atoms with Crippen LogP contribution in [0.3, 0.4) is 0 Å². The predicted molar refractivity (Wildman–Crippen MR) is 111 cm³/mol. The van der Waals surface area contributed by atoms with Crippen molar-refractivity contribution < 1.29 is 9.53 Å². The summed E-state index contributed by atoms with van der Waals surface area (Å²) in [5.74, 6) is 0.522. The summed E-state index contributed by atoms with van der Waals surface area (Å²) in [6.07, 6.45) is 3.19. The monoisotopic (exact) mass is 397 g/mol. The standard InChI is InChI=1S/C22H17Cl2NO2/c23-20-12-9-18(14-21(20)24)25-22(26)13-8-16-6-10-19(11-7-16)27-15-17-4-2-1-3-5-17/h1-14H,15H2,(H,25,26). The van der Waals surface area contributed by atoms with Crippen LogP contribution in [0.4, 0.5) is 5.69 Å². The molecule has 27 heavy (non-hydrogen) atoms. The maximum absolute atomic E-state index is 12.0. The number of rotatable bonds is 6. The van der Waals surface area contributed by atoms with E-state index in [1.807, 2.05) is 54.6 Å². The van der Waals surface area contributed by atoms with Gasteiger partial charge in [-0.25, -0.2) is 0 Å². The van der Waals surface area contributed by atoms with Gasteiger partial charge in [0.25, 0.3) is 0 Å². The second kappa shape index (κ2) is 9.26. The molecule has 0 bridgehead atoms. The van der Waals surface area contributed by atoms with Crippen LogP contribution in [0.25, 0.3) is 6.08 Å². The molecule has 0 aliphatic carbocycles. The fraction of sp³-hybridized carbons (Fsp3) is 0.0455. The molecule has 0 spiro atoms. The van der Waals surface area contributed by atoms with Gasteiger partial charge in [0.05, 0.1) is 10.0 Å². The molecule has 3 aromatic rings. The zero-order valence-electron chi connectivity index (χ0n) is 14.4. The number of hydrogen-bond acceptors (Lipinski definition) is 2. The first-order valence-corrected chi connectivity index (χ1v) is 9.07. The van der Waals surface area contributed by atoms with E-state index in [-0.39, 0.29) is 5.91 Å². The lowest BCUT2D eigenvalue weighted by Gasteiger charge is -2.06. The number of anilines is 1. The van der Waals surface area contributed by atoms with Gasteiger partial charge in [-0.2, -0.15) is 0 Å². The van der Waals surface area contributed by atoms with Gasteiger partial charge in [0.2, 0.25) is 5.91 Å². The second-order valence-corrected chi connectivity index (χ2v) is 6.61. The number of carbonyl (C=O) groups excluding carboxylic acids is 1. The van der Waals surface area contributed by atoms with E-state index in [2.05, 4.69) is 5.32 Å². The third kappa shape index (κ3) is 5.88. The van der Waals surface area contributed by atoms with Gasteiger partial charge in [0.15, 0.2) is 0 Å². The normalized spacial score (nSPS) is 10.7. The summed E-state index contributed by atoms with van der Waals surface area (Å²) in [5, 5.41) is 3.57. The van der Waals surface area contributed by atoms with Gasteiger partial charge >= 0.3 is 0 Å². The zero-order valence-corrected chi connectivity index (χ0v) is 15.9. The van der Waals surface area contributed by atoms with Crippen molar-refractivity contribution >= 4 is 40.9 Å². The maximum Gasteiger partial charge on any atom is 0.248 e. The van der Waals surface area contributed by atoms with Crippen LogP contribution in [0.2, 0.25) is 10.0 Å². The molecule has 1 amide bonds. The van der Waals surface area contributed by atoms with Crippen LogP contribution in [0, 0.1) is 0 Å². The molecule has 0 aromatic heterocycles. The van der Waals surface area contributed by atoms with E-state index in [9.17, 15) is 4.79 Å². The molecule has 3 rings (SSSR count). The number of nitrogens with one attached hydrogen (secondary N) is 1. The fourth-order valence-electron chi connectivity index (χ4n) is 2.35. The third-order valence-electron chi connectivity index (χ3n) is 3.74. The Balaban J connectivity index is 1.53. The summed E-state index contributed by atoms with van der Waals surface area (Å²) in [6.45, 7) is 0.516. The SMILES string of the molecule is O=C(C=Cc1ccc(OCc2ccccc2)cc1)Nc1ccc(Cl)c(Cl)c1. The molecule has 0 unspecified atom stereocenters. The summed E-state index contributed by atoms with van der Waals surface area (Å²) in [4.78, 5) is 12.0. The van der Waals surface area contributed by atoms with Crippen LogP contribution in [-0.2, 0) is 11.4 Å². The fourth-order valence-corrected chi connectivity index (χ4v) is 2.64. The van der Waals surface area contributed by atoms with Crippen molar-refractivity contribution in [2.45, 2.75) is 6.61 Å². The van der Waals surface area contributed by atoms with Crippen LogP contribution >= 0.6 is 23.2 Å². The smallest absolute Gasteiger partial charge is 0.248 e. The highest BCUT2D eigenvalue weighted by atomic mass is 35.5. The van der Waals surface area contributed by atoms with Gasteiger partial charge in [-0.3, -0.25) is 4.79 Å². The Bertz CT molecular complexity index is 938. The minimum absolute atomic E-state index is 0.252. The van der Waals surface area contributed by atoms with Crippen LogP contribution in [0.1, 0.15) is 11.1 Å². The molecule has 5 heteroatoms. The molecule has 0 heterocycles.